The molecule has 0 aliphatic carbocycles. The van der Waals surface area contributed by atoms with Crippen LogP contribution in [0.2, 0.25) is 5.02 Å². The van der Waals surface area contributed by atoms with E-state index in [-0.39, 0.29) is 9.92 Å². The summed E-state index contributed by atoms with van der Waals surface area (Å²) in [5, 5.41) is 0.180. The predicted octanol–water partition coefficient (Wildman–Crippen LogP) is 2.03. The topological polar surface area (TPSA) is 66.6 Å². The van der Waals surface area contributed by atoms with Gasteiger partial charge in [-0.25, -0.2) is 8.42 Å². The number of hydrogen-bond acceptors (Lipinski definition) is 4. The standard InChI is InChI=1S/C14H22ClN3O2S/c1-3-11(2)17-6-8-18(9-7-17)21(19,20)14-5-4-12(16)10-13(14)15/h4-5,10-11H,3,6-9,16H2,1-2H3. The van der Waals surface area contributed by atoms with E-state index >= 15 is 0 Å². The van der Waals surface area contributed by atoms with Crippen molar-refractivity contribution < 1.29 is 8.42 Å². The van der Waals surface area contributed by atoms with Crippen molar-refractivity contribution in [3.8, 4) is 0 Å². The van der Waals surface area contributed by atoms with Gasteiger partial charge in [-0.05, 0) is 31.5 Å². The zero-order chi connectivity index (χ0) is 15.6. The first-order chi connectivity index (χ1) is 9.86. The second-order valence-corrected chi connectivity index (χ2v) is 7.70. The van der Waals surface area contributed by atoms with Crippen LogP contribution in [0.1, 0.15) is 20.3 Å². The van der Waals surface area contributed by atoms with Crippen LogP contribution in [-0.4, -0.2) is 49.8 Å². The molecule has 1 heterocycles. The summed E-state index contributed by atoms with van der Waals surface area (Å²) >= 11 is 6.04. The van der Waals surface area contributed by atoms with Gasteiger partial charge in [0.15, 0.2) is 0 Å². The zero-order valence-electron chi connectivity index (χ0n) is 12.4. The monoisotopic (exact) mass is 331 g/mol. The lowest BCUT2D eigenvalue weighted by atomic mass is 10.2. The smallest absolute Gasteiger partial charge is 0.244 e. The maximum absolute atomic E-state index is 12.6. The molecular weight excluding hydrogens is 310 g/mol. The first kappa shape index (κ1) is 16.5. The van der Waals surface area contributed by atoms with Gasteiger partial charge in [0.1, 0.15) is 4.90 Å². The zero-order valence-corrected chi connectivity index (χ0v) is 14.0. The molecule has 2 rings (SSSR count). The van der Waals surface area contributed by atoms with Crippen LogP contribution in [0.5, 0.6) is 0 Å². The number of nitrogens with zero attached hydrogens (tertiary/aromatic N) is 2. The summed E-state index contributed by atoms with van der Waals surface area (Å²) in [4.78, 5) is 2.45. The highest BCUT2D eigenvalue weighted by Crippen LogP contribution is 2.27. The van der Waals surface area contributed by atoms with E-state index in [4.69, 9.17) is 17.3 Å². The van der Waals surface area contributed by atoms with Gasteiger partial charge in [0.25, 0.3) is 0 Å². The molecular formula is C14H22ClN3O2S. The molecule has 0 saturated carbocycles. The fourth-order valence-corrected chi connectivity index (χ4v) is 4.46. The SMILES string of the molecule is CCC(C)N1CCN(S(=O)(=O)c2ccc(N)cc2Cl)CC1. The normalized spacial score (nSPS) is 19.6. The van der Waals surface area contributed by atoms with E-state index in [1.54, 1.807) is 6.07 Å². The van der Waals surface area contributed by atoms with Crippen molar-refractivity contribution in [2.24, 2.45) is 0 Å². The largest absolute Gasteiger partial charge is 0.399 e. The van der Waals surface area contributed by atoms with E-state index in [1.165, 1.54) is 16.4 Å². The Bertz CT molecular complexity index is 598. The van der Waals surface area contributed by atoms with Crippen molar-refractivity contribution in [2.45, 2.75) is 31.2 Å². The van der Waals surface area contributed by atoms with E-state index in [0.717, 1.165) is 19.5 Å². The number of rotatable bonds is 4. The van der Waals surface area contributed by atoms with Gasteiger partial charge in [-0.1, -0.05) is 18.5 Å². The number of nitrogen functional groups attached to an aromatic ring is 1. The molecule has 1 aromatic rings. The van der Waals surface area contributed by atoms with Crippen LogP contribution in [0.3, 0.4) is 0 Å². The van der Waals surface area contributed by atoms with Gasteiger partial charge in [0.2, 0.25) is 10.0 Å². The minimum absolute atomic E-state index is 0.135. The quantitative estimate of drug-likeness (QED) is 0.857. The summed E-state index contributed by atoms with van der Waals surface area (Å²) in [6, 6.07) is 5.00. The van der Waals surface area contributed by atoms with Crippen molar-refractivity contribution in [3.05, 3.63) is 23.2 Å². The van der Waals surface area contributed by atoms with Crippen LogP contribution in [-0.2, 0) is 10.0 Å². The van der Waals surface area contributed by atoms with E-state index in [0.29, 0.717) is 24.8 Å². The minimum atomic E-state index is -3.55. The number of sulfonamides is 1. The summed E-state index contributed by atoms with van der Waals surface area (Å²) in [6.07, 6.45) is 1.07. The molecule has 1 fully saturated rings. The summed E-state index contributed by atoms with van der Waals surface area (Å²) in [5.41, 5.74) is 6.08. The molecule has 1 aliphatic rings. The Balaban J connectivity index is 2.15. The lowest BCUT2D eigenvalue weighted by molar-refractivity contribution is 0.142. The van der Waals surface area contributed by atoms with E-state index in [2.05, 4.69) is 18.7 Å². The average molecular weight is 332 g/mol. The van der Waals surface area contributed by atoms with E-state index < -0.39 is 10.0 Å². The molecule has 0 bridgehead atoms. The summed E-state index contributed by atoms with van der Waals surface area (Å²) in [7, 11) is -3.55. The van der Waals surface area contributed by atoms with Crippen molar-refractivity contribution in [1.29, 1.82) is 0 Å². The average Bonchev–Trinajstić information content (AvgIpc) is 2.46. The second-order valence-electron chi connectivity index (χ2n) is 5.39. The van der Waals surface area contributed by atoms with Gasteiger partial charge >= 0.3 is 0 Å². The van der Waals surface area contributed by atoms with Gasteiger partial charge < -0.3 is 5.73 Å². The Kier molecular flexibility index (Phi) is 5.14. The number of nitrogens with two attached hydrogens (primary N) is 1. The van der Waals surface area contributed by atoms with Crippen molar-refractivity contribution in [3.63, 3.8) is 0 Å². The second kappa shape index (κ2) is 6.52. The molecule has 7 heteroatoms. The van der Waals surface area contributed by atoms with Gasteiger partial charge in [-0.15, -0.1) is 0 Å². The molecule has 118 valence electrons. The fraction of sp³-hybridized carbons (Fsp3) is 0.571. The van der Waals surface area contributed by atoms with Crippen LogP contribution >= 0.6 is 11.6 Å². The van der Waals surface area contributed by atoms with Gasteiger partial charge in [0.05, 0.1) is 5.02 Å². The first-order valence-electron chi connectivity index (χ1n) is 7.15. The van der Waals surface area contributed by atoms with Crippen molar-refractivity contribution >= 4 is 27.3 Å². The highest BCUT2D eigenvalue weighted by atomic mass is 35.5. The summed E-state index contributed by atoms with van der Waals surface area (Å²) < 4.78 is 26.8. The minimum Gasteiger partial charge on any atom is -0.399 e. The molecule has 0 spiro atoms. The maximum atomic E-state index is 12.6. The number of halogens is 1. The van der Waals surface area contributed by atoms with Gasteiger partial charge in [0, 0.05) is 37.9 Å². The number of hydrogen-bond donors (Lipinski definition) is 1. The Labute approximate surface area is 131 Å². The number of anilines is 1. The van der Waals surface area contributed by atoms with Gasteiger partial charge in [-0.2, -0.15) is 4.31 Å². The van der Waals surface area contributed by atoms with E-state index in [1.807, 2.05) is 0 Å². The Morgan fingerprint density at radius 1 is 1.29 bits per heavy atom. The number of piperazine rings is 1. The molecule has 1 aliphatic heterocycles. The van der Waals surface area contributed by atoms with Crippen molar-refractivity contribution in [1.82, 2.24) is 9.21 Å². The fourth-order valence-electron chi connectivity index (χ4n) is 2.51. The van der Waals surface area contributed by atoms with Crippen LogP contribution in [0.25, 0.3) is 0 Å². The van der Waals surface area contributed by atoms with Crippen LogP contribution in [0.4, 0.5) is 5.69 Å². The molecule has 0 amide bonds. The third-order valence-corrected chi connectivity index (χ3v) is 6.44. The Morgan fingerprint density at radius 3 is 2.43 bits per heavy atom. The third kappa shape index (κ3) is 3.51. The number of benzene rings is 1. The molecule has 5 nitrogen and oxygen atoms in total. The summed E-state index contributed by atoms with van der Waals surface area (Å²) in [6.45, 7) is 6.80. The third-order valence-electron chi connectivity index (χ3n) is 4.06. The molecule has 21 heavy (non-hydrogen) atoms. The lowest BCUT2D eigenvalue weighted by Gasteiger charge is -2.37. The molecule has 1 unspecified atom stereocenters. The Morgan fingerprint density at radius 2 is 1.90 bits per heavy atom. The van der Waals surface area contributed by atoms with Crippen LogP contribution < -0.4 is 5.73 Å². The molecule has 0 radical (unpaired) electrons. The van der Waals surface area contributed by atoms with Gasteiger partial charge in [-0.3, -0.25) is 4.90 Å². The van der Waals surface area contributed by atoms with Crippen LogP contribution in [0.15, 0.2) is 23.1 Å². The first-order valence-corrected chi connectivity index (χ1v) is 8.97. The molecule has 1 aromatic carbocycles. The molecule has 1 atom stereocenters. The molecule has 0 aromatic heterocycles. The van der Waals surface area contributed by atoms with Crippen molar-refractivity contribution in [2.75, 3.05) is 31.9 Å². The predicted molar refractivity (Wildman–Crippen MR) is 85.9 cm³/mol. The highest BCUT2D eigenvalue weighted by molar-refractivity contribution is 7.89. The highest BCUT2D eigenvalue weighted by Gasteiger charge is 2.30. The lowest BCUT2D eigenvalue weighted by Crippen LogP contribution is -2.51. The van der Waals surface area contributed by atoms with E-state index in [9.17, 15) is 8.42 Å². The van der Waals surface area contributed by atoms with Crippen LogP contribution in [0, 0.1) is 0 Å². The molecule has 1 saturated heterocycles. The summed E-state index contributed by atoms with van der Waals surface area (Å²) in [5.74, 6) is 0. The maximum Gasteiger partial charge on any atom is 0.244 e. The molecule has 2 N–H and O–H groups in total. The Hall–Kier alpha value is -0.820.